The first-order valence-corrected chi connectivity index (χ1v) is 27.7. The molecule has 0 aromatic rings. The highest BCUT2D eigenvalue weighted by Crippen LogP contribution is 2.22. The molecule has 0 aliphatic carbocycles. The molecule has 384 valence electrons. The Bertz CT molecular complexity index is 1070. The molecular formula is C55H105NO9. The Hall–Kier alpha value is -2.20. The lowest BCUT2D eigenvalue weighted by Gasteiger charge is -2.21. The van der Waals surface area contributed by atoms with Crippen LogP contribution in [0.2, 0.25) is 0 Å². The fraction of sp³-hybridized carbons (Fsp3) is 0.927. The van der Waals surface area contributed by atoms with E-state index in [1.807, 2.05) is 0 Å². The van der Waals surface area contributed by atoms with Gasteiger partial charge in [-0.15, -0.1) is 0 Å². The Kier molecular flexibility index (Phi) is 46.6. The number of carbonyl (C=O) groups is 4. The average molecular weight is 924 g/mol. The fourth-order valence-corrected chi connectivity index (χ4v) is 8.50. The van der Waals surface area contributed by atoms with Crippen LogP contribution in [0.4, 0.5) is 0 Å². The van der Waals surface area contributed by atoms with Crippen LogP contribution >= 0.6 is 0 Å². The van der Waals surface area contributed by atoms with Gasteiger partial charge in [0, 0.05) is 31.7 Å². The fourth-order valence-electron chi connectivity index (χ4n) is 8.50. The molecule has 0 bridgehead atoms. The molecule has 1 N–H and O–H groups in total. The summed E-state index contributed by atoms with van der Waals surface area (Å²) in [6.07, 6.45) is 36.4. The van der Waals surface area contributed by atoms with Crippen LogP contribution in [0, 0.1) is 11.8 Å². The van der Waals surface area contributed by atoms with Crippen molar-refractivity contribution in [1.29, 1.82) is 0 Å². The predicted octanol–water partition coefficient (Wildman–Crippen LogP) is 14.2. The maximum absolute atomic E-state index is 13.0. The van der Waals surface area contributed by atoms with Gasteiger partial charge >= 0.3 is 23.9 Å². The molecule has 0 heterocycles. The summed E-state index contributed by atoms with van der Waals surface area (Å²) >= 11 is 0. The molecule has 10 heteroatoms. The topological polar surface area (TPSA) is 129 Å². The summed E-state index contributed by atoms with van der Waals surface area (Å²) in [6.45, 7) is 14.1. The Morgan fingerprint density at radius 3 is 1.35 bits per heavy atom. The van der Waals surface area contributed by atoms with Crippen LogP contribution in [0.25, 0.3) is 0 Å². The van der Waals surface area contributed by atoms with Crippen molar-refractivity contribution in [2.45, 2.75) is 272 Å². The van der Waals surface area contributed by atoms with Crippen LogP contribution in [-0.4, -0.2) is 86.0 Å². The van der Waals surface area contributed by atoms with Crippen molar-refractivity contribution in [2.75, 3.05) is 46.1 Å². The van der Waals surface area contributed by atoms with Crippen LogP contribution < -0.4 is 0 Å². The van der Waals surface area contributed by atoms with Crippen LogP contribution in [0.1, 0.15) is 266 Å². The summed E-state index contributed by atoms with van der Waals surface area (Å²) in [4.78, 5) is 53.1. The number of likely N-dealkylation sites (N-methyl/N-ethyl adjacent to an activating group) is 1. The van der Waals surface area contributed by atoms with Crippen LogP contribution in [0.3, 0.4) is 0 Å². The van der Waals surface area contributed by atoms with Gasteiger partial charge < -0.3 is 29.0 Å². The molecule has 65 heavy (non-hydrogen) atoms. The lowest BCUT2D eigenvalue weighted by molar-refractivity contribution is -0.150. The van der Waals surface area contributed by atoms with E-state index in [0.717, 1.165) is 109 Å². The Labute approximate surface area is 400 Å². The van der Waals surface area contributed by atoms with Gasteiger partial charge in [0.1, 0.15) is 6.10 Å². The Morgan fingerprint density at radius 1 is 0.446 bits per heavy atom. The van der Waals surface area contributed by atoms with Gasteiger partial charge in [0.05, 0.1) is 32.3 Å². The lowest BCUT2D eigenvalue weighted by Crippen LogP contribution is -2.29. The zero-order valence-corrected chi connectivity index (χ0v) is 43.3. The van der Waals surface area contributed by atoms with Gasteiger partial charge in [-0.2, -0.15) is 0 Å². The van der Waals surface area contributed by atoms with E-state index in [4.69, 9.17) is 18.9 Å². The van der Waals surface area contributed by atoms with E-state index in [1.165, 1.54) is 103 Å². The monoisotopic (exact) mass is 924 g/mol. The third kappa shape index (κ3) is 41.7. The highest BCUT2D eigenvalue weighted by Gasteiger charge is 2.20. The number of esters is 4. The highest BCUT2D eigenvalue weighted by molar-refractivity contribution is 5.72. The van der Waals surface area contributed by atoms with E-state index in [1.54, 1.807) is 0 Å². The van der Waals surface area contributed by atoms with Gasteiger partial charge in [-0.1, -0.05) is 176 Å². The number of aliphatic hydroxyl groups excluding tert-OH is 1. The number of ether oxygens (including phenoxy) is 4. The quantitative estimate of drug-likeness (QED) is 0.0358. The zero-order valence-electron chi connectivity index (χ0n) is 43.3. The average Bonchev–Trinajstić information content (AvgIpc) is 3.30. The minimum Gasteiger partial charge on any atom is -0.465 e. The smallest absolute Gasteiger partial charge is 0.308 e. The van der Waals surface area contributed by atoms with E-state index in [-0.39, 0.29) is 61.6 Å². The molecule has 0 saturated carbocycles. The molecular weight excluding hydrogens is 819 g/mol. The van der Waals surface area contributed by atoms with E-state index < -0.39 is 0 Å². The number of nitrogens with zero attached hydrogens (tertiary/aromatic N) is 1. The van der Waals surface area contributed by atoms with Crippen LogP contribution in [0.5, 0.6) is 0 Å². The number of hydrogen-bond donors (Lipinski definition) is 1. The van der Waals surface area contributed by atoms with Crippen molar-refractivity contribution < 1.29 is 43.2 Å². The molecule has 0 fully saturated rings. The van der Waals surface area contributed by atoms with Gasteiger partial charge in [0.15, 0.2) is 0 Å². The van der Waals surface area contributed by atoms with Gasteiger partial charge in [-0.25, -0.2) is 0 Å². The summed E-state index contributed by atoms with van der Waals surface area (Å²) in [7, 11) is 0. The molecule has 0 aliphatic heterocycles. The summed E-state index contributed by atoms with van der Waals surface area (Å²) in [5, 5.41) is 9.38. The largest absolute Gasteiger partial charge is 0.465 e. The minimum atomic E-state index is -0.268. The molecule has 2 unspecified atom stereocenters. The van der Waals surface area contributed by atoms with Gasteiger partial charge in [-0.3, -0.25) is 19.2 Å². The second-order valence-corrected chi connectivity index (χ2v) is 19.0. The molecule has 0 saturated heterocycles. The third-order valence-electron chi connectivity index (χ3n) is 13.0. The molecule has 0 aliphatic rings. The van der Waals surface area contributed by atoms with Crippen molar-refractivity contribution in [1.82, 2.24) is 4.90 Å². The summed E-state index contributed by atoms with van der Waals surface area (Å²) < 4.78 is 22.9. The Morgan fingerprint density at radius 2 is 0.877 bits per heavy atom. The molecule has 0 rings (SSSR count). The van der Waals surface area contributed by atoms with E-state index in [0.29, 0.717) is 45.3 Å². The minimum absolute atomic E-state index is 0.00206. The van der Waals surface area contributed by atoms with Crippen LogP contribution in [-0.2, 0) is 38.1 Å². The molecule has 2 atom stereocenters. The Balaban J connectivity index is 4.52. The second kappa shape index (κ2) is 48.3. The molecule has 0 amide bonds. The second-order valence-electron chi connectivity index (χ2n) is 19.0. The lowest BCUT2D eigenvalue weighted by atomic mass is 9.94. The van der Waals surface area contributed by atoms with E-state index in [2.05, 4.69) is 39.5 Å². The first kappa shape index (κ1) is 62.8. The molecule has 0 aromatic carbocycles. The molecule has 10 nitrogen and oxygen atoms in total. The van der Waals surface area contributed by atoms with Gasteiger partial charge in [-0.05, 0) is 83.7 Å². The number of carbonyl (C=O) groups excluding carboxylic acids is 4. The first-order chi connectivity index (χ1) is 31.7. The van der Waals surface area contributed by atoms with Crippen molar-refractivity contribution in [3.05, 3.63) is 0 Å². The number of unbranched alkanes of at least 4 members (excludes halogenated alkanes) is 22. The van der Waals surface area contributed by atoms with E-state index in [9.17, 15) is 24.3 Å². The van der Waals surface area contributed by atoms with Crippen molar-refractivity contribution >= 4 is 23.9 Å². The normalized spacial score (nSPS) is 12.4. The third-order valence-corrected chi connectivity index (χ3v) is 13.0. The number of hydrogen-bond acceptors (Lipinski definition) is 10. The summed E-state index contributed by atoms with van der Waals surface area (Å²) in [6, 6.07) is 0. The van der Waals surface area contributed by atoms with Crippen molar-refractivity contribution in [2.24, 2.45) is 11.8 Å². The van der Waals surface area contributed by atoms with Gasteiger partial charge in [0.25, 0.3) is 0 Å². The number of aliphatic hydroxyl groups is 1. The maximum atomic E-state index is 13.0. The van der Waals surface area contributed by atoms with Crippen LogP contribution in [0.15, 0.2) is 0 Å². The SMILES string of the molecule is CCCCCCCCCC(CC)OC(=O)CCCCCC(=O)OCC(CCCN(CC)CCO)COC(=O)CCCCCCCOC(=O)C(CCCCCCCC)CCCCCCCC. The predicted molar refractivity (Wildman–Crippen MR) is 268 cm³/mol. The molecule has 0 spiro atoms. The van der Waals surface area contributed by atoms with Crippen molar-refractivity contribution in [3.63, 3.8) is 0 Å². The highest BCUT2D eigenvalue weighted by atomic mass is 16.6. The molecule has 0 radical (unpaired) electrons. The standard InChI is InChI=1S/C55H105NO9/c1-6-11-14-17-20-24-30-39-51(9-4)65-54(60)42-33-27-32-41-53(59)64-48-49(36-35-43-56(10-5)44-45-57)47-63-52(58)40-31-25-21-26-34-46-62-55(61)50(37-28-22-18-15-12-7-2)38-29-23-19-16-13-8-3/h49-51,57H,6-48H2,1-5H3. The van der Waals surface area contributed by atoms with Crippen molar-refractivity contribution in [3.8, 4) is 0 Å². The van der Waals surface area contributed by atoms with E-state index >= 15 is 0 Å². The summed E-state index contributed by atoms with van der Waals surface area (Å²) in [5.74, 6) is -0.709. The zero-order chi connectivity index (χ0) is 47.9. The summed E-state index contributed by atoms with van der Waals surface area (Å²) in [5.41, 5.74) is 0. The maximum Gasteiger partial charge on any atom is 0.308 e. The molecule has 0 aromatic heterocycles. The van der Waals surface area contributed by atoms with Gasteiger partial charge in [0.2, 0.25) is 0 Å². The first-order valence-electron chi connectivity index (χ1n) is 27.7. The number of rotatable bonds is 50.